The van der Waals surface area contributed by atoms with Gasteiger partial charge in [0.15, 0.2) is 0 Å². The van der Waals surface area contributed by atoms with Crippen molar-refractivity contribution in [1.82, 2.24) is 19.5 Å². The molecule has 3 heterocycles. The standard InChI is InChI=1S/C29H20FN5O4/c1-13-16(5-4-8-21(13)35-12-32-24-18(28(35)37)6-3-7-19(24)30)25-23-17-10-9-15(29(38)39)11-20(17)34-26(23)22(27(31)36)14(2)33-25/h3-12,34H,1-2H3,(H2,31,36)(H,38,39). The number of pyridine rings is 1. The second-order valence-electron chi connectivity index (χ2n) is 9.23. The molecular weight excluding hydrogens is 501 g/mol. The van der Waals surface area contributed by atoms with Crippen LogP contribution >= 0.6 is 0 Å². The number of nitrogens with two attached hydrogens (primary N) is 1. The maximum Gasteiger partial charge on any atom is 0.335 e. The zero-order valence-electron chi connectivity index (χ0n) is 20.7. The summed E-state index contributed by atoms with van der Waals surface area (Å²) in [7, 11) is 0. The van der Waals surface area contributed by atoms with Gasteiger partial charge in [0.05, 0.1) is 39.1 Å². The van der Waals surface area contributed by atoms with Crippen LogP contribution in [0.1, 0.15) is 32.0 Å². The van der Waals surface area contributed by atoms with Crippen LogP contribution in [0.4, 0.5) is 4.39 Å². The monoisotopic (exact) mass is 521 g/mol. The normalized spacial score (nSPS) is 11.5. The molecule has 3 aromatic carbocycles. The first-order chi connectivity index (χ1) is 18.7. The van der Waals surface area contributed by atoms with Gasteiger partial charge in [-0.15, -0.1) is 0 Å². The molecule has 1 amide bonds. The van der Waals surface area contributed by atoms with E-state index in [0.717, 1.165) is 0 Å². The number of nitrogens with zero attached hydrogens (tertiary/aromatic N) is 3. The molecule has 192 valence electrons. The molecule has 0 fully saturated rings. The lowest BCUT2D eigenvalue weighted by atomic mass is 9.97. The van der Waals surface area contributed by atoms with Gasteiger partial charge in [0, 0.05) is 21.9 Å². The number of rotatable bonds is 4. The van der Waals surface area contributed by atoms with E-state index >= 15 is 0 Å². The highest BCUT2D eigenvalue weighted by atomic mass is 19.1. The summed E-state index contributed by atoms with van der Waals surface area (Å²) in [6.07, 6.45) is 1.30. The lowest BCUT2D eigenvalue weighted by Crippen LogP contribution is -2.20. The van der Waals surface area contributed by atoms with Crippen LogP contribution in [0.15, 0.2) is 65.7 Å². The lowest BCUT2D eigenvalue weighted by molar-refractivity contribution is 0.0696. The van der Waals surface area contributed by atoms with E-state index in [9.17, 15) is 23.9 Å². The number of hydrogen-bond acceptors (Lipinski definition) is 5. The van der Waals surface area contributed by atoms with E-state index < -0.39 is 23.3 Å². The maximum absolute atomic E-state index is 14.2. The molecule has 4 N–H and O–H groups in total. The SMILES string of the molecule is Cc1nc(-c2cccc(-n3cnc4c(F)cccc4c3=O)c2C)c2c([nH]c3cc(C(=O)O)ccc32)c1C(N)=O. The first kappa shape index (κ1) is 24.0. The predicted molar refractivity (Wildman–Crippen MR) is 145 cm³/mol. The fourth-order valence-electron chi connectivity index (χ4n) is 5.15. The fraction of sp³-hybridized carbons (Fsp3) is 0.0690. The number of aromatic amines is 1. The Kier molecular flexibility index (Phi) is 5.28. The largest absolute Gasteiger partial charge is 0.478 e. The van der Waals surface area contributed by atoms with Crippen LogP contribution in [0.5, 0.6) is 0 Å². The van der Waals surface area contributed by atoms with Gasteiger partial charge >= 0.3 is 5.97 Å². The summed E-state index contributed by atoms with van der Waals surface area (Å²) in [5, 5.41) is 10.9. The molecule has 0 atom stereocenters. The minimum Gasteiger partial charge on any atom is -0.478 e. The average Bonchev–Trinajstić information content (AvgIpc) is 3.27. The molecule has 0 aliphatic heterocycles. The number of aromatic carboxylic acids is 1. The summed E-state index contributed by atoms with van der Waals surface area (Å²) in [6.45, 7) is 3.50. The van der Waals surface area contributed by atoms with Crippen LogP contribution in [-0.4, -0.2) is 36.5 Å². The van der Waals surface area contributed by atoms with E-state index in [0.29, 0.717) is 50.0 Å². The fourth-order valence-corrected chi connectivity index (χ4v) is 5.15. The molecule has 0 bridgehead atoms. The van der Waals surface area contributed by atoms with Crippen molar-refractivity contribution in [2.75, 3.05) is 0 Å². The molecule has 0 saturated heterocycles. The molecule has 3 aromatic heterocycles. The minimum absolute atomic E-state index is 0.00637. The Balaban J connectivity index is 1.67. The number of para-hydroxylation sites is 1. The summed E-state index contributed by atoms with van der Waals surface area (Å²) < 4.78 is 15.6. The van der Waals surface area contributed by atoms with Crippen LogP contribution in [-0.2, 0) is 0 Å². The van der Waals surface area contributed by atoms with Gasteiger partial charge in [0.25, 0.3) is 11.5 Å². The topological polar surface area (TPSA) is 144 Å². The molecular formula is C29H20FN5O4. The van der Waals surface area contributed by atoms with Gasteiger partial charge in [0.1, 0.15) is 17.7 Å². The van der Waals surface area contributed by atoms with Crippen molar-refractivity contribution in [2.24, 2.45) is 5.73 Å². The van der Waals surface area contributed by atoms with Crippen LogP contribution < -0.4 is 11.3 Å². The molecule has 0 saturated carbocycles. The second kappa shape index (κ2) is 8.59. The molecule has 0 radical (unpaired) electrons. The van der Waals surface area contributed by atoms with Crippen LogP contribution in [0, 0.1) is 19.7 Å². The Bertz CT molecular complexity index is 2090. The van der Waals surface area contributed by atoms with Gasteiger partial charge in [0.2, 0.25) is 0 Å². The lowest BCUT2D eigenvalue weighted by Gasteiger charge is -2.15. The number of carbonyl (C=O) groups excluding carboxylic acids is 1. The van der Waals surface area contributed by atoms with Crippen molar-refractivity contribution in [3.63, 3.8) is 0 Å². The van der Waals surface area contributed by atoms with Gasteiger partial charge in [-0.05, 0) is 49.7 Å². The smallest absolute Gasteiger partial charge is 0.335 e. The van der Waals surface area contributed by atoms with Crippen LogP contribution in [0.3, 0.4) is 0 Å². The van der Waals surface area contributed by atoms with Gasteiger partial charge in [-0.1, -0.05) is 24.3 Å². The van der Waals surface area contributed by atoms with E-state index in [-0.39, 0.29) is 22.0 Å². The number of hydrogen-bond donors (Lipinski definition) is 3. The molecule has 10 heteroatoms. The van der Waals surface area contributed by atoms with Crippen molar-refractivity contribution < 1.29 is 19.1 Å². The number of carboxylic acids is 1. The number of amides is 1. The predicted octanol–water partition coefficient (Wildman–Crippen LogP) is 4.64. The number of benzene rings is 3. The van der Waals surface area contributed by atoms with Crippen LogP contribution in [0.2, 0.25) is 0 Å². The molecule has 6 rings (SSSR count). The van der Waals surface area contributed by atoms with E-state index in [1.165, 1.54) is 41.2 Å². The highest BCUT2D eigenvalue weighted by Crippen LogP contribution is 2.38. The van der Waals surface area contributed by atoms with Gasteiger partial charge in [-0.25, -0.2) is 14.2 Å². The van der Waals surface area contributed by atoms with E-state index in [2.05, 4.69) is 9.97 Å². The first-order valence-corrected chi connectivity index (χ1v) is 11.9. The molecule has 39 heavy (non-hydrogen) atoms. The number of primary amides is 1. The Morgan fingerprint density at radius 3 is 2.56 bits per heavy atom. The van der Waals surface area contributed by atoms with Crippen LogP contribution in [0.25, 0.3) is 49.7 Å². The number of carbonyl (C=O) groups is 2. The van der Waals surface area contributed by atoms with Gasteiger partial charge in [-0.2, -0.15) is 0 Å². The molecule has 0 aliphatic rings. The quantitative estimate of drug-likeness (QED) is 0.308. The summed E-state index contributed by atoms with van der Waals surface area (Å²) in [5.74, 6) is -2.34. The zero-order valence-corrected chi connectivity index (χ0v) is 20.7. The van der Waals surface area contributed by atoms with Gasteiger partial charge < -0.3 is 15.8 Å². The first-order valence-electron chi connectivity index (χ1n) is 11.9. The molecule has 0 spiro atoms. The summed E-state index contributed by atoms with van der Waals surface area (Å²) >= 11 is 0. The summed E-state index contributed by atoms with van der Waals surface area (Å²) in [5.41, 5.74) is 9.30. The van der Waals surface area contributed by atoms with Crippen molar-refractivity contribution in [2.45, 2.75) is 13.8 Å². The molecule has 6 aromatic rings. The van der Waals surface area contributed by atoms with Crippen molar-refractivity contribution in [3.05, 3.63) is 99.5 Å². The minimum atomic E-state index is -1.09. The van der Waals surface area contributed by atoms with Gasteiger partial charge in [-0.3, -0.25) is 19.1 Å². The molecule has 0 aliphatic carbocycles. The maximum atomic E-state index is 14.2. The summed E-state index contributed by atoms with van der Waals surface area (Å²) in [4.78, 5) is 49.4. The number of aryl methyl sites for hydroxylation is 1. The zero-order chi connectivity index (χ0) is 27.6. The Hall–Kier alpha value is -5.38. The highest BCUT2D eigenvalue weighted by Gasteiger charge is 2.23. The molecule has 9 nitrogen and oxygen atoms in total. The Morgan fingerprint density at radius 1 is 1.05 bits per heavy atom. The third-order valence-corrected chi connectivity index (χ3v) is 6.98. The Morgan fingerprint density at radius 2 is 1.82 bits per heavy atom. The number of nitrogens with one attached hydrogen (secondary N) is 1. The highest BCUT2D eigenvalue weighted by molar-refractivity contribution is 6.20. The number of carboxylic acid groups (broad SMARTS) is 1. The molecule has 0 unspecified atom stereocenters. The Labute approximate surface area is 219 Å². The second-order valence-corrected chi connectivity index (χ2v) is 9.23. The van der Waals surface area contributed by atoms with Crippen molar-refractivity contribution >= 4 is 44.6 Å². The third kappa shape index (κ3) is 3.57. The van der Waals surface area contributed by atoms with E-state index in [1.54, 1.807) is 25.1 Å². The number of halogens is 1. The average molecular weight is 522 g/mol. The van der Waals surface area contributed by atoms with Crippen molar-refractivity contribution in [3.8, 4) is 16.9 Å². The van der Waals surface area contributed by atoms with Crippen molar-refractivity contribution in [1.29, 1.82) is 0 Å². The summed E-state index contributed by atoms with van der Waals surface area (Å²) in [6, 6.07) is 14.2. The number of H-pyrrole nitrogens is 1. The number of fused-ring (bicyclic) bond motifs is 4. The number of aromatic nitrogens is 4. The van der Waals surface area contributed by atoms with E-state index in [1.807, 2.05) is 13.0 Å². The van der Waals surface area contributed by atoms with E-state index in [4.69, 9.17) is 10.7 Å². The third-order valence-electron chi connectivity index (χ3n) is 6.98.